The highest BCUT2D eigenvalue weighted by Gasteiger charge is 2.36. The number of benzene rings is 1. The van der Waals surface area contributed by atoms with E-state index in [2.05, 4.69) is 37.2 Å². The van der Waals surface area contributed by atoms with E-state index in [0.717, 1.165) is 56.8 Å². The molecule has 0 radical (unpaired) electrons. The molecular weight excluding hydrogens is 420 g/mol. The van der Waals surface area contributed by atoms with Gasteiger partial charge in [-0.05, 0) is 24.1 Å². The number of anilines is 2. The Hall–Kier alpha value is -2.46. The van der Waals surface area contributed by atoms with Gasteiger partial charge >= 0.3 is 0 Å². The largest absolute Gasteiger partial charge is 0.492 e. The molecule has 2 aliphatic rings. The summed E-state index contributed by atoms with van der Waals surface area (Å²) in [5, 5.41) is 14.5. The smallest absolute Gasteiger partial charge is 0.134 e. The predicted molar refractivity (Wildman–Crippen MR) is 129 cm³/mol. The monoisotopic (exact) mass is 456 g/mol. The summed E-state index contributed by atoms with van der Waals surface area (Å²) in [6.07, 6.45) is 2.29. The molecule has 9 nitrogen and oxygen atoms in total. The van der Waals surface area contributed by atoms with Gasteiger partial charge in [0.1, 0.15) is 30.3 Å². The topological polar surface area (TPSA) is 86.2 Å². The van der Waals surface area contributed by atoms with Gasteiger partial charge in [-0.15, -0.1) is 0 Å². The standard InChI is InChI=1S/C24H36N6O3/c1-28(2)22-15-23(27-19-26-22)30-8-7-24(31,18-30)17-25-16-20-3-5-21(6-4-20)33-14-11-29-9-12-32-13-10-29/h3-6,15,19,25,31H,7-14,16-18H2,1-2H3. The number of hydrogen-bond donors (Lipinski definition) is 2. The molecule has 33 heavy (non-hydrogen) atoms. The Kier molecular flexibility index (Phi) is 7.97. The van der Waals surface area contributed by atoms with Crippen LogP contribution in [0.1, 0.15) is 12.0 Å². The lowest BCUT2D eigenvalue weighted by molar-refractivity contribution is 0.0322. The zero-order chi connectivity index (χ0) is 23.1. The van der Waals surface area contributed by atoms with E-state index in [1.807, 2.05) is 37.2 Å². The van der Waals surface area contributed by atoms with E-state index in [-0.39, 0.29) is 0 Å². The molecule has 2 fully saturated rings. The second kappa shape index (κ2) is 11.1. The molecule has 0 amide bonds. The molecule has 2 saturated heterocycles. The van der Waals surface area contributed by atoms with Crippen LogP contribution in [0.3, 0.4) is 0 Å². The van der Waals surface area contributed by atoms with Crippen molar-refractivity contribution in [1.29, 1.82) is 0 Å². The van der Waals surface area contributed by atoms with Crippen LogP contribution in [-0.2, 0) is 11.3 Å². The Balaban J connectivity index is 1.18. The van der Waals surface area contributed by atoms with E-state index in [9.17, 15) is 5.11 Å². The van der Waals surface area contributed by atoms with Crippen molar-refractivity contribution in [3.63, 3.8) is 0 Å². The first-order valence-corrected chi connectivity index (χ1v) is 11.7. The molecule has 2 N–H and O–H groups in total. The van der Waals surface area contributed by atoms with Crippen LogP contribution in [0, 0.1) is 0 Å². The van der Waals surface area contributed by atoms with Crippen molar-refractivity contribution in [1.82, 2.24) is 20.2 Å². The molecule has 3 heterocycles. The second-order valence-corrected chi connectivity index (χ2v) is 9.07. The highest BCUT2D eigenvalue weighted by molar-refractivity contribution is 5.50. The first-order chi connectivity index (χ1) is 16.0. The van der Waals surface area contributed by atoms with Gasteiger partial charge in [-0.1, -0.05) is 12.1 Å². The third kappa shape index (κ3) is 6.77. The first kappa shape index (κ1) is 23.7. The van der Waals surface area contributed by atoms with Crippen molar-refractivity contribution >= 4 is 11.6 Å². The molecule has 0 saturated carbocycles. The number of rotatable bonds is 10. The minimum Gasteiger partial charge on any atom is -0.492 e. The van der Waals surface area contributed by atoms with Gasteiger partial charge in [0.05, 0.1) is 18.8 Å². The molecule has 4 rings (SSSR count). The van der Waals surface area contributed by atoms with Crippen molar-refractivity contribution < 1.29 is 14.6 Å². The van der Waals surface area contributed by atoms with E-state index in [4.69, 9.17) is 9.47 Å². The minimum atomic E-state index is -0.772. The van der Waals surface area contributed by atoms with Crippen LogP contribution in [0.15, 0.2) is 36.7 Å². The lowest BCUT2D eigenvalue weighted by atomic mass is 10.0. The maximum atomic E-state index is 11.0. The maximum absolute atomic E-state index is 11.0. The summed E-state index contributed by atoms with van der Waals surface area (Å²) in [6.45, 7) is 7.76. The molecular formula is C24H36N6O3. The number of hydrogen-bond acceptors (Lipinski definition) is 9. The molecule has 2 aromatic rings. The van der Waals surface area contributed by atoms with Crippen LogP contribution in [0.5, 0.6) is 5.75 Å². The fourth-order valence-electron chi connectivity index (χ4n) is 4.21. The molecule has 0 aliphatic carbocycles. The Bertz CT molecular complexity index is 875. The number of β-amino-alcohol motifs (C(OH)–C–C–N with tert-alkyl or cyclic N) is 1. The molecule has 1 aromatic carbocycles. The summed E-state index contributed by atoms with van der Waals surface area (Å²) < 4.78 is 11.3. The Labute approximate surface area is 196 Å². The van der Waals surface area contributed by atoms with Crippen molar-refractivity contribution in [3.8, 4) is 5.75 Å². The van der Waals surface area contributed by atoms with E-state index < -0.39 is 5.60 Å². The minimum absolute atomic E-state index is 0.535. The molecule has 0 bridgehead atoms. The molecule has 1 aromatic heterocycles. The first-order valence-electron chi connectivity index (χ1n) is 11.7. The van der Waals surface area contributed by atoms with Gasteiger partial charge in [0.2, 0.25) is 0 Å². The van der Waals surface area contributed by atoms with Crippen LogP contribution in [-0.4, -0.2) is 98.8 Å². The average molecular weight is 457 g/mol. The fraction of sp³-hybridized carbons (Fsp3) is 0.583. The average Bonchev–Trinajstić information content (AvgIpc) is 3.23. The number of ether oxygens (including phenoxy) is 2. The SMILES string of the molecule is CN(C)c1cc(N2CCC(O)(CNCc3ccc(OCCN4CCOCC4)cc3)C2)ncn1. The third-order valence-electron chi connectivity index (χ3n) is 6.24. The molecule has 1 atom stereocenters. The molecule has 9 heteroatoms. The molecule has 0 spiro atoms. The Morgan fingerprint density at radius 1 is 1.15 bits per heavy atom. The Morgan fingerprint density at radius 2 is 1.94 bits per heavy atom. The van der Waals surface area contributed by atoms with E-state index >= 15 is 0 Å². The van der Waals surface area contributed by atoms with Gasteiger partial charge in [-0.25, -0.2) is 9.97 Å². The van der Waals surface area contributed by atoms with Crippen molar-refractivity contribution in [2.45, 2.75) is 18.6 Å². The normalized spacial score (nSPS) is 21.4. The van der Waals surface area contributed by atoms with Crippen LogP contribution >= 0.6 is 0 Å². The summed E-state index contributed by atoms with van der Waals surface area (Å²) >= 11 is 0. The van der Waals surface area contributed by atoms with E-state index in [1.165, 1.54) is 5.56 Å². The van der Waals surface area contributed by atoms with Crippen molar-refractivity contribution in [2.75, 3.05) is 83.0 Å². The summed E-state index contributed by atoms with van der Waals surface area (Å²) in [6, 6.07) is 10.1. The summed E-state index contributed by atoms with van der Waals surface area (Å²) in [5.74, 6) is 2.61. The number of morpholine rings is 1. The lowest BCUT2D eigenvalue weighted by Gasteiger charge is -2.26. The van der Waals surface area contributed by atoms with Gasteiger partial charge < -0.3 is 29.7 Å². The van der Waals surface area contributed by atoms with Gasteiger partial charge in [0, 0.05) is 66.0 Å². The summed E-state index contributed by atoms with van der Waals surface area (Å²) in [4.78, 5) is 15.1. The van der Waals surface area contributed by atoms with Crippen LogP contribution < -0.4 is 19.9 Å². The lowest BCUT2D eigenvalue weighted by Crippen LogP contribution is -2.43. The van der Waals surface area contributed by atoms with Gasteiger partial charge in [0.15, 0.2) is 0 Å². The van der Waals surface area contributed by atoms with Crippen molar-refractivity contribution in [2.24, 2.45) is 0 Å². The van der Waals surface area contributed by atoms with E-state index in [0.29, 0.717) is 32.7 Å². The van der Waals surface area contributed by atoms with Gasteiger partial charge in [0.25, 0.3) is 0 Å². The van der Waals surface area contributed by atoms with E-state index in [1.54, 1.807) is 6.33 Å². The van der Waals surface area contributed by atoms with Gasteiger partial charge in [-0.3, -0.25) is 4.90 Å². The summed E-state index contributed by atoms with van der Waals surface area (Å²) in [5.41, 5.74) is 0.395. The number of nitrogens with one attached hydrogen (secondary N) is 1. The summed E-state index contributed by atoms with van der Waals surface area (Å²) in [7, 11) is 3.92. The van der Waals surface area contributed by atoms with Gasteiger partial charge in [-0.2, -0.15) is 0 Å². The highest BCUT2D eigenvalue weighted by Crippen LogP contribution is 2.26. The number of nitrogens with zero attached hydrogens (tertiary/aromatic N) is 5. The predicted octanol–water partition coefficient (Wildman–Crippen LogP) is 0.985. The number of aliphatic hydroxyl groups is 1. The maximum Gasteiger partial charge on any atom is 0.134 e. The quantitative estimate of drug-likeness (QED) is 0.543. The highest BCUT2D eigenvalue weighted by atomic mass is 16.5. The Morgan fingerprint density at radius 3 is 2.70 bits per heavy atom. The molecule has 180 valence electrons. The molecule has 1 unspecified atom stereocenters. The third-order valence-corrected chi connectivity index (χ3v) is 6.24. The fourth-order valence-corrected chi connectivity index (χ4v) is 4.21. The number of aromatic nitrogens is 2. The zero-order valence-electron chi connectivity index (χ0n) is 19.7. The van der Waals surface area contributed by atoms with Crippen LogP contribution in [0.2, 0.25) is 0 Å². The van der Waals surface area contributed by atoms with Crippen LogP contribution in [0.25, 0.3) is 0 Å². The zero-order valence-corrected chi connectivity index (χ0v) is 19.7. The second-order valence-electron chi connectivity index (χ2n) is 9.07. The van der Waals surface area contributed by atoms with Crippen molar-refractivity contribution in [3.05, 3.63) is 42.2 Å². The molecule has 2 aliphatic heterocycles. The van der Waals surface area contributed by atoms with Crippen LogP contribution in [0.4, 0.5) is 11.6 Å².